The maximum atomic E-state index is 13.6. The maximum absolute atomic E-state index is 13.6. The molecule has 0 bridgehead atoms. The summed E-state index contributed by atoms with van der Waals surface area (Å²) in [4.78, 5) is 13.9. The lowest BCUT2D eigenvalue weighted by molar-refractivity contribution is 0.0743. The molecule has 0 aromatic heterocycles. The van der Waals surface area contributed by atoms with Gasteiger partial charge in [0.15, 0.2) is 0 Å². The molecule has 3 nitrogen and oxygen atoms in total. The molecule has 1 aromatic carbocycles. The number of halogens is 1. The van der Waals surface area contributed by atoms with E-state index in [4.69, 9.17) is 5.73 Å². The van der Waals surface area contributed by atoms with Gasteiger partial charge >= 0.3 is 0 Å². The van der Waals surface area contributed by atoms with Crippen molar-refractivity contribution >= 4 is 5.91 Å². The van der Waals surface area contributed by atoms with Crippen LogP contribution in [0.1, 0.15) is 28.8 Å². The van der Waals surface area contributed by atoms with Gasteiger partial charge in [-0.25, -0.2) is 4.39 Å². The Hall–Kier alpha value is -1.42. The van der Waals surface area contributed by atoms with Crippen LogP contribution >= 0.6 is 0 Å². The number of nitrogens with zero attached hydrogens (tertiary/aromatic N) is 1. The molecule has 1 saturated carbocycles. The number of aryl methyl sites for hydroxylation is 1. The molecule has 0 unspecified atom stereocenters. The highest BCUT2D eigenvalue weighted by molar-refractivity contribution is 5.95. The minimum absolute atomic E-state index is 0.158. The summed E-state index contributed by atoms with van der Waals surface area (Å²) in [5.41, 5.74) is 6.54. The molecule has 4 heteroatoms. The molecule has 0 aliphatic heterocycles. The van der Waals surface area contributed by atoms with E-state index in [1.807, 2.05) is 6.92 Å². The summed E-state index contributed by atoms with van der Waals surface area (Å²) < 4.78 is 13.6. The molecular formula is C13H17FN2O. The van der Waals surface area contributed by atoms with Gasteiger partial charge in [0.1, 0.15) is 5.82 Å². The Bertz CT molecular complexity index is 429. The molecule has 0 saturated heterocycles. The Morgan fingerprint density at radius 1 is 1.53 bits per heavy atom. The fourth-order valence-corrected chi connectivity index (χ4v) is 1.93. The molecule has 17 heavy (non-hydrogen) atoms. The van der Waals surface area contributed by atoms with Gasteiger partial charge < -0.3 is 10.6 Å². The van der Waals surface area contributed by atoms with E-state index in [1.54, 1.807) is 17.0 Å². The number of nitrogens with two attached hydrogens (primary N) is 1. The van der Waals surface area contributed by atoms with E-state index in [0.717, 1.165) is 18.4 Å². The van der Waals surface area contributed by atoms with Gasteiger partial charge in [0, 0.05) is 19.1 Å². The van der Waals surface area contributed by atoms with Gasteiger partial charge in [-0.05, 0) is 31.9 Å². The van der Waals surface area contributed by atoms with E-state index >= 15 is 0 Å². The van der Waals surface area contributed by atoms with Crippen molar-refractivity contribution in [3.8, 4) is 0 Å². The zero-order valence-corrected chi connectivity index (χ0v) is 9.95. The molecule has 1 aliphatic rings. The fraction of sp³-hybridized carbons (Fsp3) is 0.462. The molecule has 2 N–H and O–H groups in total. The maximum Gasteiger partial charge on any atom is 0.257 e. The van der Waals surface area contributed by atoms with Crippen molar-refractivity contribution in [1.82, 2.24) is 4.90 Å². The number of hydrogen-bond acceptors (Lipinski definition) is 2. The SMILES string of the molecule is Cc1ccc(F)c(C(=O)N(CCN)C2CC2)c1. The first-order chi connectivity index (χ1) is 8.13. The van der Waals surface area contributed by atoms with Crippen molar-refractivity contribution in [1.29, 1.82) is 0 Å². The van der Waals surface area contributed by atoms with Crippen molar-refractivity contribution in [3.63, 3.8) is 0 Å². The number of rotatable bonds is 4. The molecule has 0 heterocycles. The number of amides is 1. The first kappa shape index (κ1) is 12.0. The van der Waals surface area contributed by atoms with E-state index < -0.39 is 5.82 Å². The average Bonchev–Trinajstić information content (AvgIpc) is 3.12. The average molecular weight is 236 g/mol. The molecule has 0 atom stereocenters. The molecule has 92 valence electrons. The predicted molar refractivity (Wildman–Crippen MR) is 64.2 cm³/mol. The Morgan fingerprint density at radius 2 is 2.24 bits per heavy atom. The van der Waals surface area contributed by atoms with Gasteiger partial charge in [-0.15, -0.1) is 0 Å². The van der Waals surface area contributed by atoms with Crippen LogP contribution in [0.25, 0.3) is 0 Å². The zero-order valence-electron chi connectivity index (χ0n) is 9.95. The number of carbonyl (C=O) groups is 1. The largest absolute Gasteiger partial charge is 0.334 e. The summed E-state index contributed by atoms with van der Waals surface area (Å²) in [5, 5.41) is 0. The fourth-order valence-electron chi connectivity index (χ4n) is 1.93. The second kappa shape index (κ2) is 4.84. The third-order valence-electron chi connectivity index (χ3n) is 2.97. The number of benzene rings is 1. The van der Waals surface area contributed by atoms with Crippen molar-refractivity contribution in [2.45, 2.75) is 25.8 Å². The van der Waals surface area contributed by atoms with Crippen LogP contribution in [0, 0.1) is 12.7 Å². The van der Waals surface area contributed by atoms with Crippen LogP contribution in [0.2, 0.25) is 0 Å². The monoisotopic (exact) mass is 236 g/mol. The van der Waals surface area contributed by atoms with Crippen molar-refractivity contribution in [2.24, 2.45) is 5.73 Å². The summed E-state index contributed by atoms with van der Waals surface area (Å²) in [6, 6.07) is 4.86. The highest BCUT2D eigenvalue weighted by atomic mass is 19.1. The molecular weight excluding hydrogens is 219 g/mol. The topological polar surface area (TPSA) is 46.3 Å². The molecule has 1 aromatic rings. The van der Waals surface area contributed by atoms with E-state index in [2.05, 4.69) is 0 Å². The molecule has 0 spiro atoms. The Labute approximate surface area is 100 Å². The van der Waals surface area contributed by atoms with Gasteiger partial charge in [0.25, 0.3) is 5.91 Å². The Kier molecular flexibility index (Phi) is 3.43. The summed E-state index contributed by atoms with van der Waals surface area (Å²) in [6.45, 7) is 2.76. The first-order valence-electron chi connectivity index (χ1n) is 5.90. The summed E-state index contributed by atoms with van der Waals surface area (Å²) in [7, 11) is 0. The predicted octanol–water partition coefficient (Wildman–Crippen LogP) is 1.70. The van der Waals surface area contributed by atoms with Gasteiger partial charge in [-0.3, -0.25) is 4.79 Å². The summed E-state index contributed by atoms with van der Waals surface area (Å²) in [6.07, 6.45) is 2.00. The van der Waals surface area contributed by atoms with E-state index in [1.165, 1.54) is 6.07 Å². The second-order valence-electron chi connectivity index (χ2n) is 4.50. The van der Waals surface area contributed by atoms with Crippen molar-refractivity contribution < 1.29 is 9.18 Å². The molecule has 1 aliphatic carbocycles. The van der Waals surface area contributed by atoms with Gasteiger partial charge in [0.05, 0.1) is 5.56 Å². The number of hydrogen-bond donors (Lipinski definition) is 1. The lowest BCUT2D eigenvalue weighted by Crippen LogP contribution is -2.37. The lowest BCUT2D eigenvalue weighted by atomic mass is 10.1. The molecule has 2 rings (SSSR count). The molecule has 0 radical (unpaired) electrons. The van der Waals surface area contributed by atoms with Crippen LogP contribution in [0.3, 0.4) is 0 Å². The van der Waals surface area contributed by atoms with Crippen LogP contribution in [0.4, 0.5) is 4.39 Å². The van der Waals surface area contributed by atoms with Crippen LogP contribution in [0.15, 0.2) is 18.2 Å². The van der Waals surface area contributed by atoms with Crippen molar-refractivity contribution in [2.75, 3.05) is 13.1 Å². The van der Waals surface area contributed by atoms with Crippen LogP contribution in [-0.4, -0.2) is 29.9 Å². The van der Waals surface area contributed by atoms with Gasteiger partial charge in [0.2, 0.25) is 0 Å². The lowest BCUT2D eigenvalue weighted by Gasteiger charge is -2.22. The van der Waals surface area contributed by atoms with E-state index in [-0.39, 0.29) is 17.5 Å². The third kappa shape index (κ3) is 2.64. The van der Waals surface area contributed by atoms with E-state index in [0.29, 0.717) is 13.1 Å². The van der Waals surface area contributed by atoms with Crippen molar-refractivity contribution in [3.05, 3.63) is 35.1 Å². The first-order valence-corrected chi connectivity index (χ1v) is 5.90. The summed E-state index contributed by atoms with van der Waals surface area (Å²) >= 11 is 0. The minimum atomic E-state index is -0.455. The Morgan fingerprint density at radius 3 is 2.82 bits per heavy atom. The van der Waals surface area contributed by atoms with Gasteiger partial charge in [-0.1, -0.05) is 11.6 Å². The highest BCUT2D eigenvalue weighted by Crippen LogP contribution is 2.28. The van der Waals surface area contributed by atoms with E-state index in [9.17, 15) is 9.18 Å². The molecule has 1 amide bonds. The highest BCUT2D eigenvalue weighted by Gasteiger charge is 2.33. The smallest absolute Gasteiger partial charge is 0.257 e. The standard InChI is InChI=1S/C13H17FN2O/c1-9-2-5-12(14)11(8-9)13(17)16(7-6-15)10-3-4-10/h2,5,8,10H,3-4,6-7,15H2,1H3. The summed E-state index contributed by atoms with van der Waals surface area (Å²) in [5.74, 6) is -0.692. The zero-order chi connectivity index (χ0) is 12.4. The second-order valence-corrected chi connectivity index (χ2v) is 4.50. The normalized spacial score (nSPS) is 14.8. The molecule has 1 fully saturated rings. The minimum Gasteiger partial charge on any atom is -0.334 e. The van der Waals surface area contributed by atoms with Crippen LogP contribution in [0.5, 0.6) is 0 Å². The van der Waals surface area contributed by atoms with Crippen LogP contribution in [-0.2, 0) is 0 Å². The van der Waals surface area contributed by atoms with Gasteiger partial charge in [-0.2, -0.15) is 0 Å². The Balaban J connectivity index is 2.24. The van der Waals surface area contributed by atoms with Crippen LogP contribution < -0.4 is 5.73 Å². The third-order valence-corrected chi connectivity index (χ3v) is 2.97. The quantitative estimate of drug-likeness (QED) is 0.864. The number of carbonyl (C=O) groups excluding carboxylic acids is 1.